The first-order chi connectivity index (χ1) is 15.2. The number of β-lactam (4-membered cyclic amide) rings is 1. The van der Waals surface area contributed by atoms with Gasteiger partial charge in [-0.05, 0) is 31.9 Å². The molecule has 32 heavy (non-hydrogen) atoms. The highest BCUT2D eigenvalue weighted by Crippen LogP contribution is 2.44. The topological polar surface area (TPSA) is 158 Å². The van der Waals surface area contributed by atoms with Gasteiger partial charge in [0.05, 0.1) is 10.3 Å². The molecule has 2 unspecified atom stereocenters. The van der Waals surface area contributed by atoms with Gasteiger partial charge in [0.1, 0.15) is 21.8 Å². The second kappa shape index (κ2) is 8.73. The Morgan fingerprint density at radius 2 is 2.16 bits per heavy atom. The number of thiophene rings is 1. The Kier molecular flexibility index (Phi) is 6.16. The molecule has 14 heteroatoms. The van der Waals surface area contributed by atoms with Gasteiger partial charge in [0, 0.05) is 9.78 Å². The van der Waals surface area contributed by atoms with Crippen LogP contribution in [-0.2, 0) is 14.4 Å². The van der Waals surface area contributed by atoms with Crippen molar-refractivity contribution in [2.24, 2.45) is 5.16 Å². The van der Waals surface area contributed by atoms with E-state index in [4.69, 9.17) is 17.3 Å². The Labute approximate surface area is 198 Å². The molecule has 2 atom stereocenters. The first-order valence-corrected chi connectivity index (χ1v) is 12.0. The van der Waals surface area contributed by atoms with Crippen molar-refractivity contribution in [1.82, 2.24) is 15.2 Å². The number of nitrogens with one attached hydrogen (secondary N) is 1. The third-order valence-electron chi connectivity index (χ3n) is 4.96. The number of nitrogen functional groups attached to an aromatic ring is 1. The van der Waals surface area contributed by atoms with Crippen molar-refractivity contribution in [3.63, 3.8) is 0 Å². The molecule has 10 nitrogen and oxygen atoms in total. The molecule has 1 saturated heterocycles. The fraction of sp³-hybridized carbons (Fsp3) is 0.278. The number of allylic oxidation sites excluding steroid dienone is 1. The Morgan fingerprint density at radius 3 is 2.72 bits per heavy atom. The lowest BCUT2D eigenvalue weighted by atomic mass is 9.86. The SMILES string of the molecule is Cc1ccc(SC2=C(C(=O)O)N3C(=O)C(NC(=O)/C(=N\O)c4nc(N)sc4Cl)C3CC2)s1. The standard InChI is InChI=1S/C18H16ClN5O5S3/c1-6-2-5-9(30-6)31-8-4-3-7-10(16(26)24(7)13(8)17(27)28)21-15(25)12(23-29)11-14(19)32-18(20)22-11/h2,5,7,10,29H,3-4H2,1H3,(H2,20,22)(H,21,25)(H,27,28)/b23-12-. The van der Waals surface area contributed by atoms with Crippen molar-refractivity contribution in [3.8, 4) is 0 Å². The van der Waals surface area contributed by atoms with Crippen molar-refractivity contribution in [3.05, 3.63) is 37.6 Å². The van der Waals surface area contributed by atoms with Crippen molar-refractivity contribution in [1.29, 1.82) is 0 Å². The molecule has 0 aromatic carbocycles. The minimum Gasteiger partial charge on any atom is -0.477 e. The van der Waals surface area contributed by atoms with E-state index in [-0.39, 0.29) is 20.9 Å². The molecule has 0 radical (unpaired) electrons. The van der Waals surface area contributed by atoms with E-state index in [9.17, 15) is 24.7 Å². The van der Waals surface area contributed by atoms with E-state index in [0.29, 0.717) is 17.7 Å². The summed E-state index contributed by atoms with van der Waals surface area (Å²) in [6.07, 6.45) is 0.912. The van der Waals surface area contributed by atoms with E-state index in [1.165, 1.54) is 16.7 Å². The Morgan fingerprint density at radius 1 is 1.41 bits per heavy atom. The highest BCUT2D eigenvalue weighted by atomic mass is 35.5. The van der Waals surface area contributed by atoms with Crippen LogP contribution in [0.15, 0.2) is 32.1 Å². The van der Waals surface area contributed by atoms with Gasteiger partial charge >= 0.3 is 5.97 Å². The molecular weight excluding hydrogens is 498 g/mol. The number of carbonyl (C=O) groups is 3. The number of carboxylic acid groups (broad SMARTS) is 1. The Hall–Kier alpha value is -2.61. The number of nitrogens with two attached hydrogens (primary N) is 1. The summed E-state index contributed by atoms with van der Waals surface area (Å²) in [7, 11) is 0. The van der Waals surface area contributed by atoms with E-state index < -0.39 is 35.6 Å². The Balaban J connectivity index is 1.53. The predicted molar refractivity (Wildman–Crippen MR) is 121 cm³/mol. The lowest BCUT2D eigenvalue weighted by Gasteiger charge is -2.50. The number of hydrogen-bond donors (Lipinski definition) is 4. The molecule has 4 heterocycles. The van der Waals surface area contributed by atoms with Crippen LogP contribution in [0.4, 0.5) is 5.13 Å². The van der Waals surface area contributed by atoms with Gasteiger partial charge in [-0.2, -0.15) is 0 Å². The van der Waals surface area contributed by atoms with Crippen molar-refractivity contribution >= 4 is 74.7 Å². The number of aryl methyl sites for hydroxylation is 1. The average Bonchev–Trinajstić information content (AvgIpc) is 3.30. The molecule has 0 spiro atoms. The highest BCUT2D eigenvalue weighted by Gasteiger charge is 2.54. The maximum atomic E-state index is 12.8. The fourth-order valence-corrected chi connectivity index (χ4v) is 6.85. The van der Waals surface area contributed by atoms with Crippen LogP contribution in [0.1, 0.15) is 23.4 Å². The summed E-state index contributed by atoms with van der Waals surface area (Å²) in [4.78, 5) is 44.2. The molecule has 0 aliphatic carbocycles. The summed E-state index contributed by atoms with van der Waals surface area (Å²) in [5, 5.41) is 24.6. The number of thioether (sulfide) groups is 1. The number of oxime groups is 1. The van der Waals surface area contributed by atoms with Crippen LogP contribution in [0.5, 0.6) is 0 Å². The summed E-state index contributed by atoms with van der Waals surface area (Å²) in [5.41, 5.74) is 4.91. The van der Waals surface area contributed by atoms with E-state index in [2.05, 4.69) is 15.5 Å². The number of fused-ring (bicyclic) bond motifs is 1. The van der Waals surface area contributed by atoms with Gasteiger partial charge in [-0.15, -0.1) is 11.3 Å². The lowest BCUT2D eigenvalue weighted by molar-refractivity contribution is -0.155. The van der Waals surface area contributed by atoms with Gasteiger partial charge < -0.3 is 21.4 Å². The maximum Gasteiger partial charge on any atom is 0.353 e. The van der Waals surface area contributed by atoms with Crippen LogP contribution in [0.25, 0.3) is 0 Å². The monoisotopic (exact) mass is 513 g/mol. The normalized spacial score (nSPS) is 20.8. The summed E-state index contributed by atoms with van der Waals surface area (Å²) < 4.78 is 1.00. The molecule has 168 valence electrons. The van der Waals surface area contributed by atoms with Crippen LogP contribution in [0.2, 0.25) is 4.34 Å². The number of rotatable bonds is 6. The molecule has 1 fully saturated rings. The zero-order chi connectivity index (χ0) is 23.2. The molecule has 5 N–H and O–H groups in total. The summed E-state index contributed by atoms with van der Waals surface area (Å²) in [5.74, 6) is -2.62. The number of aromatic nitrogens is 1. The number of anilines is 1. The molecule has 2 aromatic rings. The summed E-state index contributed by atoms with van der Waals surface area (Å²) in [6, 6.07) is 2.38. The highest BCUT2D eigenvalue weighted by molar-refractivity contribution is 8.04. The van der Waals surface area contributed by atoms with Crippen LogP contribution in [0, 0.1) is 6.92 Å². The van der Waals surface area contributed by atoms with Gasteiger partial charge in [0.15, 0.2) is 10.8 Å². The van der Waals surface area contributed by atoms with E-state index >= 15 is 0 Å². The number of carboxylic acids is 1. The van der Waals surface area contributed by atoms with E-state index in [1.54, 1.807) is 11.3 Å². The minimum absolute atomic E-state index is 0.0613. The summed E-state index contributed by atoms with van der Waals surface area (Å²) in [6.45, 7) is 1.96. The zero-order valence-electron chi connectivity index (χ0n) is 16.4. The van der Waals surface area contributed by atoms with Crippen LogP contribution in [0.3, 0.4) is 0 Å². The van der Waals surface area contributed by atoms with Gasteiger partial charge in [0.25, 0.3) is 11.8 Å². The van der Waals surface area contributed by atoms with Gasteiger partial charge in [-0.1, -0.05) is 39.9 Å². The molecule has 2 aliphatic rings. The molecule has 0 saturated carbocycles. The number of nitrogens with zero attached hydrogens (tertiary/aromatic N) is 3. The van der Waals surface area contributed by atoms with Crippen molar-refractivity contribution in [2.45, 2.75) is 36.1 Å². The van der Waals surface area contributed by atoms with Crippen LogP contribution >= 0.6 is 46.0 Å². The predicted octanol–water partition coefficient (Wildman–Crippen LogP) is 2.50. The quantitative estimate of drug-likeness (QED) is 0.198. The molecule has 0 bridgehead atoms. The number of hydrogen-bond acceptors (Lipinski definition) is 10. The van der Waals surface area contributed by atoms with E-state index in [1.807, 2.05) is 19.1 Å². The third kappa shape index (κ3) is 3.96. The van der Waals surface area contributed by atoms with Crippen LogP contribution < -0.4 is 11.1 Å². The number of thiazole rings is 1. The minimum atomic E-state index is -1.20. The second-order valence-electron chi connectivity index (χ2n) is 6.93. The first-order valence-electron chi connectivity index (χ1n) is 9.20. The maximum absolute atomic E-state index is 12.8. The zero-order valence-corrected chi connectivity index (χ0v) is 19.6. The van der Waals surface area contributed by atoms with Crippen molar-refractivity contribution < 1.29 is 24.7 Å². The van der Waals surface area contributed by atoms with Crippen molar-refractivity contribution in [2.75, 3.05) is 5.73 Å². The smallest absolute Gasteiger partial charge is 0.353 e. The lowest BCUT2D eigenvalue weighted by Crippen LogP contribution is -2.72. The van der Waals surface area contributed by atoms with Gasteiger partial charge in [-0.25, -0.2) is 9.78 Å². The number of halogens is 1. The van der Waals surface area contributed by atoms with Crippen LogP contribution in [-0.4, -0.2) is 55.8 Å². The van der Waals surface area contributed by atoms with Gasteiger partial charge in [-0.3, -0.25) is 14.5 Å². The number of carbonyl (C=O) groups excluding carboxylic acids is 2. The largest absolute Gasteiger partial charge is 0.477 e. The number of amides is 2. The second-order valence-corrected chi connectivity index (χ2v) is 11.2. The summed E-state index contributed by atoms with van der Waals surface area (Å²) >= 11 is 9.77. The van der Waals surface area contributed by atoms with Gasteiger partial charge in [0.2, 0.25) is 0 Å². The molecular formula is C18H16ClN5O5S3. The molecule has 4 rings (SSSR count). The Bertz CT molecular complexity index is 1190. The number of aliphatic carboxylic acids is 1. The van der Waals surface area contributed by atoms with E-state index in [0.717, 1.165) is 20.4 Å². The average molecular weight is 514 g/mol. The fourth-order valence-electron chi connectivity index (χ4n) is 3.59. The molecule has 2 amide bonds. The first kappa shape index (κ1) is 22.6. The molecule has 2 aromatic heterocycles. The third-order valence-corrected chi connectivity index (χ3v) is 8.32. The molecule has 2 aliphatic heterocycles.